The Hall–Kier alpha value is -1.50. The van der Waals surface area contributed by atoms with Crippen molar-refractivity contribution in [2.24, 2.45) is 5.92 Å². The van der Waals surface area contributed by atoms with Crippen LogP contribution in [0.1, 0.15) is 34.8 Å². The van der Waals surface area contributed by atoms with Gasteiger partial charge in [0.25, 0.3) is 5.91 Å². The molecule has 0 saturated carbocycles. The zero-order valence-electron chi connectivity index (χ0n) is 11.7. The van der Waals surface area contributed by atoms with Crippen molar-refractivity contribution < 1.29 is 13.2 Å². The van der Waals surface area contributed by atoms with Crippen molar-refractivity contribution in [1.82, 2.24) is 15.3 Å². The largest absolute Gasteiger partial charge is 0.350 e. The zero-order chi connectivity index (χ0) is 14.8. The first-order chi connectivity index (χ1) is 9.35. The van der Waals surface area contributed by atoms with E-state index < -0.39 is 9.84 Å². The van der Waals surface area contributed by atoms with Gasteiger partial charge in [-0.15, -0.1) is 0 Å². The predicted molar refractivity (Wildman–Crippen MR) is 75.2 cm³/mol. The lowest BCUT2D eigenvalue weighted by molar-refractivity contribution is 0.0940. The molecule has 1 amide bonds. The number of nitrogens with one attached hydrogen (secondary N) is 1. The first kappa shape index (κ1) is 14.9. The number of rotatable bonds is 3. The summed E-state index contributed by atoms with van der Waals surface area (Å²) in [5.41, 5.74) is 1.12. The molecule has 0 bridgehead atoms. The molecule has 0 radical (unpaired) electrons. The van der Waals surface area contributed by atoms with Crippen LogP contribution in [0.3, 0.4) is 0 Å². The maximum Gasteiger partial charge on any atom is 0.270 e. The average molecular weight is 297 g/mol. The summed E-state index contributed by atoms with van der Waals surface area (Å²) < 4.78 is 22.7. The highest BCUT2D eigenvalue weighted by Gasteiger charge is 2.24. The third kappa shape index (κ3) is 4.00. The second-order valence-corrected chi connectivity index (χ2v) is 7.55. The lowest BCUT2D eigenvalue weighted by atomic mass is 10.0. The van der Waals surface area contributed by atoms with Gasteiger partial charge in [0.05, 0.1) is 11.5 Å². The molecule has 0 aromatic carbocycles. The number of amides is 1. The van der Waals surface area contributed by atoms with Crippen molar-refractivity contribution >= 4 is 15.7 Å². The van der Waals surface area contributed by atoms with E-state index in [1.807, 2.05) is 6.92 Å². The Labute approximate surface area is 118 Å². The highest BCUT2D eigenvalue weighted by molar-refractivity contribution is 7.91. The van der Waals surface area contributed by atoms with Crippen molar-refractivity contribution in [3.05, 3.63) is 23.3 Å². The van der Waals surface area contributed by atoms with Gasteiger partial charge in [0, 0.05) is 12.2 Å². The van der Waals surface area contributed by atoms with Gasteiger partial charge in [0.1, 0.15) is 21.4 Å². The Bertz CT molecular complexity index is 579. The Balaban J connectivity index is 1.89. The molecule has 20 heavy (non-hydrogen) atoms. The summed E-state index contributed by atoms with van der Waals surface area (Å²) in [4.78, 5) is 20.2. The number of hydrogen-bond acceptors (Lipinski definition) is 5. The SMILES string of the molecule is Cc1cc(C(=O)NCC2CCS(=O)(=O)CC2)nc(C)n1. The molecule has 0 atom stereocenters. The van der Waals surface area contributed by atoms with Gasteiger partial charge < -0.3 is 5.32 Å². The van der Waals surface area contributed by atoms with Crippen molar-refractivity contribution in [2.75, 3.05) is 18.1 Å². The van der Waals surface area contributed by atoms with Crippen LogP contribution in [-0.2, 0) is 9.84 Å². The molecular formula is C13H19N3O3S. The molecule has 0 aliphatic carbocycles. The van der Waals surface area contributed by atoms with Crippen LogP contribution in [0.2, 0.25) is 0 Å². The molecular weight excluding hydrogens is 278 g/mol. The second kappa shape index (κ2) is 5.87. The van der Waals surface area contributed by atoms with E-state index in [2.05, 4.69) is 15.3 Å². The highest BCUT2D eigenvalue weighted by Crippen LogP contribution is 2.18. The van der Waals surface area contributed by atoms with Gasteiger partial charge in [0.2, 0.25) is 0 Å². The predicted octanol–water partition coefficient (Wildman–Crippen LogP) is 0.648. The Morgan fingerprint density at radius 3 is 2.55 bits per heavy atom. The van der Waals surface area contributed by atoms with E-state index in [-0.39, 0.29) is 23.3 Å². The fourth-order valence-electron chi connectivity index (χ4n) is 2.30. The van der Waals surface area contributed by atoms with E-state index in [0.29, 0.717) is 30.9 Å². The van der Waals surface area contributed by atoms with Crippen LogP contribution in [0.25, 0.3) is 0 Å². The fourth-order valence-corrected chi connectivity index (χ4v) is 3.89. The molecule has 2 rings (SSSR count). The van der Waals surface area contributed by atoms with Crippen molar-refractivity contribution in [3.63, 3.8) is 0 Å². The number of carbonyl (C=O) groups is 1. The van der Waals surface area contributed by atoms with Crippen LogP contribution in [-0.4, -0.2) is 42.3 Å². The topological polar surface area (TPSA) is 89.0 Å². The molecule has 110 valence electrons. The average Bonchev–Trinajstić information content (AvgIpc) is 2.36. The number of nitrogens with zero attached hydrogens (tertiary/aromatic N) is 2. The summed E-state index contributed by atoms with van der Waals surface area (Å²) in [6.45, 7) is 4.06. The van der Waals surface area contributed by atoms with Crippen LogP contribution in [0.4, 0.5) is 0 Å². The van der Waals surface area contributed by atoms with E-state index in [1.54, 1.807) is 13.0 Å². The Morgan fingerprint density at radius 2 is 1.95 bits per heavy atom. The third-order valence-corrected chi connectivity index (χ3v) is 5.14. The van der Waals surface area contributed by atoms with Gasteiger partial charge in [-0.2, -0.15) is 0 Å². The Morgan fingerprint density at radius 1 is 1.30 bits per heavy atom. The molecule has 6 nitrogen and oxygen atoms in total. The van der Waals surface area contributed by atoms with Gasteiger partial charge in [-0.1, -0.05) is 0 Å². The summed E-state index contributed by atoms with van der Waals surface area (Å²) in [5, 5.41) is 2.83. The molecule has 0 unspecified atom stereocenters. The highest BCUT2D eigenvalue weighted by atomic mass is 32.2. The minimum absolute atomic E-state index is 0.221. The van der Waals surface area contributed by atoms with E-state index in [9.17, 15) is 13.2 Å². The molecule has 7 heteroatoms. The van der Waals surface area contributed by atoms with Crippen LogP contribution >= 0.6 is 0 Å². The smallest absolute Gasteiger partial charge is 0.270 e. The first-order valence-corrected chi connectivity index (χ1v) is 8.49. The molecule has 1 aromatic heterocycles. The van der Waals surface area contributed by atoms with E-state index in [1.165, 1.54) is 0 Å². The monoisotopic (exact) mass is 297 g/mol. The summed E-state index contributed by atoms with van der Waals surface area (Å²) in [6.07, 6.45) is 1.23. The van der Waals surface area contributed by atoms with Crippen LogP contribution in [0.15, 0.2) is 6.07 Å². The molecule has 2 heterocycles. The molecule has 1 saturated heterocycles. The number of sulfone groups is 1. The molecule has 0 spiro atoms. The van der Waals surface area contributed by atoms with Gasteiger partial charge in [0.15, 0.2) is 0 Å². The quantitative estimate of drug-likeness (QED) is 0.884. The number of carbonyl (C=O) groups excluding carboxylic acids is 1. The summed E-state index contributed by atoms with van der Waals surface area (Å²) in [7, 11) is -2.85. The van der Waals surface area contributed by atoms with Gasteiger partial charge in [-0.25, -0.2) is 18.4 Å². The van der Waals surface area contributed by atoms with Crippen LogP contribution < -0.4 is 5.32 Å². The van der Waals surface area contributed by atoms with Crippen molar-refractivity contribution in [3.8, 4) is 0 Å². The summed E-state index contributed by atoms with van der Waals surface area (Å²) in [5.74, 6) is 1.01. The van der Waals surface area contributed by atoms with Crippen LogP contribution in [0, 0.1) is 19.8 Å². The summed E-state index contributed by atoms with van der Waals surface area (Å²) >= 11 is 0. The van der Waals surface area contributed by atoms with Gasteiger partial charge in [-0.05, 0) is 38.7 Å². The fraction of sp³-hybridized carbons (Fsp3) is 0.615. The van der Waals surface area contributed by atoms with E-state index in [0.717, 1.165) is 5.69 Å². The van der Waals surface area contributed by atoms with Gasteiger partial charge >= 0.3 is 0 Å². The molecule has 1 aromatic rings. The molecule has 1 aliphatic rings. The van der Waals surface area contributed by atoms with Gasteiger partial charge in [-0.3, -0.25) is 4.79 Å². The lowest BCUT2D eigenvalue weighted by Gasteiger charge is -2.21. The lowest BCUT2D eigenvalue weighted by Crippen LogP contribution is -2.34. The maximum absolute atomic E-state index is 12.0. The van der Waals surface area contributed by atoms with Crippen molar-refractivity contribution in [1.29, 1.82) is 0 Å². The molecule has 1 fully saturated rings. The number of aryl methyl sites for hydroxylation is 2. The third-order valence-electron chi connectivity index (χ3n) is 3.42. The number of aromatic nitrogens is 2. The second-order valence-electron chi connectivity index (χ2n) is 5.25. The minimum Gasteiger partial charge on any atom is -0.350 e. The zero-order valence-corrected chi connectivity index (χ0v) is 12.5. The van der Waals surface area contributed by atoms with Crippen molar-refractivity contribution in [2.45, 2.75) is 26.7 Å². The molecule has 1 N–H and O–H groups in total. The maximum atomic E-state index is 12.0. The first-order valence-electron chi connectivity index (χ1n) is 6.66. The van der Waals surface area contributed by atoms with E-state index in [4.69, 9.17) is 0 Å². The van der Waals surface area contributed by atoms with Crippen LogP contribution in [0.5, 0.6) is 0 Å². The molecule has 1 aliphatic heterocycles. The van der Waals surface area contributed by atoms with E-state index >= 15 is 0 Å². The minimum atomic E-state index is -2.85. The number of hydrogen-bond donors (Lipinski definition) is 1. The standard InChI is InChI=1S/C13H19N3O3S/c1-9-7-12(16-10(2)15-9)13(17)14-8-11-3-5-20(18,19)6-4-11/h7,11H,3-6,8H2,1-2H3,(H,14,17). The summed E-state index contributed by atoms with van der Waals surface area (Å²) in [6, 6.07) is 1.65. The normalized spacial score (nSPS) is 18.7. The Kier molecular flexibility index (Phi) is 4.37.